The summed E-state index contributed by atoms with van der Waals surface area (Å²) in [6.07, 6.45) is 1.14. The Kier molecular flexibility index (Phi) is 2.93. The molecular weight excluding hydrogens is 220 g/mol. The molecule has 2 aromatic rings. The maximum atomic E-state index is 3.20. The molecule has 2 nitrogen and oxygen atoms in total. The average Bonchev–Trinajstić information content (AvgIpc) is 2.47. The van der Waals surface area contributed by atoms with Crippen molar-refractivity contribution in [1.82, 2.24) is 0 Å². The summed E-state index contributed by atoms with van der Waals surface area (Å²) in [7, 11) is 1.96. The van der Waals surface area contributed by atoms with Crippen LogP contribution in [0, 0.1) is 0 Å². The number of hydrogen-bond acceptors (Lipinski definition) is 2. The van der Waals surface area contributed by atoms with Crippen molar-refractivity contribution in [3.05, 3.63) is 59.7 Å². The van der Waals surface area contributed by atoms with E-state index in [2.05, 4.69) is 58.7 Å². The van der Waals surface area contributed by atoms with Gasteiger partial charge in [0.15, 0.2) is 0 Å². The van der Waals surface area contributed by atoms with Gasteiger partial charge in [-0.2, -0.15) is 0 Å². The standard InChI is InChI=1S/C16H18N2/c1-17-15-7-4-8-16(11-15)18-10-9-13-5-2-3-6-14(13)12-18/h2-8,11,17H,9-10,12H2,1H3. The van der Waals surface area contributed by atoms with Crippen LogP contribution < -0.4 is 10.2 Å². The lowest BCUT2D eigenvalue weighted by Gasteiger charge is -2.31. The van der Waals surface area contributed by atoms with Gasteiger partial charge in [0, 0.05) is 31.5 Å². The fourth-order valence-electron chi connectivity index (χ4n) is 2.57. The minimum atomic E-state index is 1.02. The predicted molar refractivity (Wildman–Crippen MR) is 77.2 cm³/mol. The lowest BCUT2D eigenvalue weighted by Crippen LogP contribution is -2.30. The molecule has 0 unspecified atom stereocenters. The Bertz CT molecular complexity index is 548. The molecule has 1 heterocycles. The second-order valence-electron chi connectivity index (χ2n) is 4.74. The summed E-state index contributed by atoms with van der Waals surface area (Å²) in [6, 6.07) is 17.4. The van der Waals surface area contributed by atoms with Crippen LogP contribution in [0.25, 0.3) is 0 Å². The molecule has 92 valence electrons. The van der Waals surface area contributed by atoms with E-state index in [4.69, 9.17) is 0 Å². The predicted octanol–water partition coefficient (Wildman–Crippen LogP) is 3.29. The van der Waals surface area contributed by atoms with Crippen molar-refractivity contribution in [1.29, 1.82) is 0 Å². The molecule has 2 heteroatoms. The zero-order valence-electron chi connectivity index (χ0n) is 10.7. The topological polar surface area (TPSA) is 15.3 Å². The van der Waals surface area contributed by atoms with E-state index in [1.54, 1.807) is 0 Å². The molecule has 18 heavy (non-hydrogen) atoms. The van der Waals surface area contributed by atoms with Gasteiger partial charge in [0.25, 0.3) is 0 Å². The van der Waals surface area contributed by atoms with Crippen molar-refractivity contribution in [3.8, 4) is 0 Å². The van der Waals surface area contributed by atoms with E-state index < -0.39 is 0 Å². The van der Waals surface area contributed by atoms with Crippen LogP contribution in [0.1, 0.15) is 11.1 Å². The molecule has 0 aromatic heterocycles. The van der Waals surface area contributed by atoms with Crippen LogP contribution in [0.2, 0.25) is 0 Å². The summed E-state index contributed by atoms with van der Waals surface area (Å²) >= 11 is 0. The molecule has 1 N–H and O–H groups in total. The van der Waals surface area contributed by atoms with Crippen molar-refractivity contribution >= 4 is 11.4 Å². The molecule has 0 fully saturated rings. The highest BCUT2D eigenvalue weighted by atomic mass is 15.1. The van der Waals surface area contributed by atoms with Crippen LogP contribution >= 0.6 is 0 Å². The SMILES string of the molecule is CNc1cccc(N2CCc3ccccc3C2)c1. The largest absolute Gasteiger partial charge is 0.388 e. The van der Waals surface area contributed by atoms with E-state index in [-0.39, 0.29) is 0 Å². The average molecular weight is 238 g/mol. The molecule has 2 aromatic carbocycles. The van der Waals surface area contributed by atoms with E-state index in [0.29, 0.717) is 0 Å². The highest BCUT2D eigenvalue weighted by Crippen LogP contribution is 2.26. The van der Waals surface area contributed by atoms with Crippen LogP contribution in [-0.2, 0) is 13.0 Å². The molecule has 0 saturated heterocycles. The summed E-state index contributed by atoms with van der Waals surface area (Å²) in [5.74, 6) is 0. The molecule has 1 aliphatic heterocycles. The normalized spacial score (nSPS) is 14.2. The lowest BCUT2D eigenvalue weighted by molar-refractivity contribution is 0.732. The second kappa shape index (κ2) is 4.73. The second-order valence-corrected chi connectivity index (χ2v) is 4.74. The third-order valence-electron chi connectivity index (χ3n) is 3.63. The monoisotopic (exact) mass is 238 g/mol. The van der Waals surface area contributed by atoms with E-state index in [1.807, 2.05) is 7.05 Å². The Labute approximate surface area is 108 Å². The molecule has 1 aliphatic rings. The Balaban J connectivity index is 1.87. The third kappa shape index (κ3) is 2.06. The fourth-order valence-corrected chi connectivity index (χ4v) is 2.57. The van der Waals surface area contributed by atoms with Crippen molar-refractivity contribution in [2.24, 2.45) is 0 Å². The van der Waals surface area contributed by atoms with E-state index in [0.717, 1.165) is 19.5 Å². The van der Waals surface area contributed by atoms with Crippen LogP contribution in [0.15, 0.2) is 48.5 Å². The van der Waals surface area contributed by atoms with Crippen LogP contribution in [0.5, 0.6) is 0 Å². The summed E-state index contributed by atoms with van der Waals surface area (Å²) in [5, 5.41) is 3.20. The molecule has 3 rings (SSSR count). The number of rotatable bonds is 2. The quantitative estimate of drug-likeness (QED) is 0.863. The molecule has 0 spiro atoms. The van der Waals surface area contributed by atoms with E-state index in [1.165, 1.54) is 22.5 Å². The fraction of sp³-hybridized carbons (Fsp3) is 0.250. The molecule has 0 saturated carbocycles. The third-order valence-corrected chi connectivity index (χ3v) is 3.63. The zero-order chi connectivity index (χ0) is 12.4. The summed E-state index contributed by atoms with van der Waals surface area (Å²) in [4.78, 5) is 2.45. The van der Waals surface area contributed by atoms with Crippen LogP contribution in [0.4, 0.5) is 11.4 Å². The van der Waals surface area contributed by atoms with E-state index in [9.17, 15) is 0 Å². The van der Waals surface area contributed by atoms with Crippen LogP contribution in [0.3, 0.4) is 0 Å². The Morgan fingerprint density at radius 2 is 1.83 bits per heavy atom. The van der Waals surface area contributed by atoms with Gasteiger partial charge in [0.05, 0.1) is 0 Å². The van der Waals surface area contributed by atoms with Crippen molar-refractivity contribution < 1.29 is 0 Å². The number of fused-ring (bicyclic) bond motifs is 1. The smallest absolute Gasteiger partial charge is 0.0432 e. The minimum Gasteiger partial charge on any atom is -0.388 e. The summed E-state index contributed by atoms with van der Waals surface area (Å²) in [6.45, 7) is 2.12. The molecule has 0 amide bonds. The molecule has 0 aliphatic carbocycles. The first kappa shape index (κ1) is 11.1. The minimum absolute atomic E-state index is 1.02. The number of nitrogens with zero attached hydrogens (tertiary/aromatic N) is 1. The van der Waals surface area contributed by atoms with Gasteiger partial charge in [-0.15, -0.1) is 0 Å². The van der Waals surface area contributed by atoms with Gasteiger partial charge in [0.2, 0.25) is 0 Å². The first-order chi connectivity index (χ1) is 8.86. The van der Waals surface area contributed by atoms with Crippen LogP contribution in [-0.4, -0.2) is 13.6 Å². The first-order valence-electron chi connectivity index (χ1n) is 6.46. The van der Waals surface area contributed by atoms with Crippen molar-refractivity contribution in [2.45, 2.75) is 13.0 Å². The Morgan fingerprint density at radius 1 is 1.00 bits per heavy atom. The lowest BCUT2D eigenvalue weighted by atomic mass is 9.99. The van der Waals surface area contributed by atoms with Gasteiger partial charge in [0.1, 0.15) is 0 Å². The van der Waals surface area contributed by atoms with Gasteiger partial charge < -0.3 is 10.2 Å². The number of hydrogen-bond donors (Lipinski definition) is 1. The van der Waals surface area contributed by atoms with Gasteiger partial charge in [-0.25, -0.2) is 0 Å². The Morgan fingerprint density at radius 3 is 2.67 bits per heavy atom. The van der Waals surface area contributed by atoms with Gasteiger partial charge in [-0.3, -0.25) is 0 Å². The summed E-state index contributed by atoms with van der Waals surface area (Å²) in [5.41, 5.74) is 5.43. The first-order valence-corrected chi connectivity index (χ1v) is 6.46. The summed E-state index contributed by atoms with van der Waals surface area (Å²) < 4.78 is 0. The maximum absolute atomic E-state index is 3.20. The molecule has 0 radical (unpaired) electrons. The maximum Gasteiger partial charge on any atom is 0.0432 e. The number of anilines is 2. The van der Waals surface area contributed by atoms with Crippen molar-refractivity contribution in [3.63, 3.8) is 0 Å². The highest BCUT2D eigenvalue weighted by Gasteiger charge is 2.15. The van der Waals surface area contributed by atoms with E-state index >= 15 is 0 Å². The number of nitrogens with one attached hydrogen (secondary N) is 1. The highest BCUT2D eigenvalue weighted by molar-refractivity contribution is 5.58. The van der Waals surface area contributed by atoms with Gasteiger partial charge >= 0.3 is 0 Å². The zero-order valence-corrected chi connectivity index (χ0v) is 10.7. The van der Waals surface area contributed by atoms with Gasteiger partial charge in [-0.1, -0.05) is 30.3 Å². The Hall–Kier alpha value is -1.96. The molecule has 0 atom stereocenters. The molecule has 0 bridgehead atoms. The molecular formula is C16H18N2. The van der Waals surface area contributed by atoms with Crippen molar-refractivity contribution in [2.75, 3.05) is 23.8 Å². The van der Waals surface area contributed by atoms with Gasteiger partial charge in [-0.05, 0) is 35.7 Å². The number of benzene rings is 2.